The summed E-state index contributed by atoms with van der Waals surface area (Å²) < 4.78 is 10.6. The minimum Gasteiger partial charge on any atom is -0.367 e. The molecule has 3 heterocycles. The molecule has 1 amide bonds. The van der Waals surface area contributed by atoms with Gasteiger partial charge in [0.1, 0.15) is 17.7 Å². The molecule has 0 aliphatic carbocycles. The highest BCUT2D eigenvalue weighted by atomic mass is 16.5. The molecule has 0 aromatic carbocycles. The van der Waals surface area contributed by atoms with E-state index in [1.54, 1.807) is 13.0 Å². The van der Waals surface area contributed by atoms with E-state index in [0.717, 1.165) is 5.82 Å². The number of aromatic amines is 1. The fourth-order valence-electron chi connectivity index (χ4n) is 2.32. The molecule has 22 heavy (non-hydrogen) atoms. The summed E-state index contributed by atoms with van der Waals surface area (Å²) in [6, 6.07) is 1.68. The van der Waals surface area contributed by atoms with Gasteiger partial charge in [-0.15, -0.1) is 0 Å². The van der Waals surface area contributed by atoms with Crippen molar-refractivity contribution < 1.29 is 14.1 Å². The van der Waals surface area contributed by atoms with Crippen molar-refractivity contribution in [3.8, 4) is 0 Å². The molecule has 0 bridgehead atoms. The summed E-state index contributed by atoms with van der Waals surface area (Å²) in [5.74, 6) is 2.31. The van der Waals surface area contributed by atoms with E-state index in [1.165, 1.54) is 0 Å². The molecule has 9 heteroatoms. The molecule has 0 saturated carbocycles. The highest BCUT2D eigenvalue weighted by molar-refractivity contribution is 5.91. The number of morpholine rings is 1. The predicted molar refractivity (Wildman–Crippen MR) is 76.1 cm³/mol. The first-order valence-corrected chi connectivity index (χ1v) is 7.06. The van der Waals surface area contributed by atoms with Crippen LogP contribution in [0.5, 0.6) is 0 Å². The topological polar surface area (TPSA) is 109 Å². The lowest BCUT2D eigenvalue weighted by Gasteiger charge is -2.30. The molecule has 2 aromatic rings. The highest BCUT2D eigenvalue weighted by Crippen LogP contribution is 2.18. The van der Waals surface area contributed by atoms with Crippen LogP contribution in [0.3, 0.4) is 0 Å². The predicted octanol–water partition coefficient (Wildman–Crippen LogP) is 0.422. The van der Waals surface area contributed by atoms with Gasteiger partial charge in [0.05, 0.1) is 13.2 Å². The molecular formula is C13H18N6O3. The van der Waals surface area contributed by atoms with E-state index in [0.29, 0.717) is 37.1 Å². The first-order valence-electron chi connectivity index (χ1n) is 7.06. The normalized spacial score (nSPS) is 19.3. The number of hydrogen-bond donors (Lipinski definition) is 2. The first kappa shape index (κ1) is 14.7. The van der Waals surface area contributed by atoms with Gasteiger partial charge in [-0.3, -0.25) is 14.8 Å². The number of aryl methyl sites for hydroxylation is 2. The Morgan fingerprint density at radius 2 is 2.41 bits per heavy atom. The van der Waals surface area contributed by atoms with Crippen molar-refractivity contribution >= 4 is 11.7 Å². The van der Waals surface area contributed by atoms with Crippen LogP contribution in [-0.4, -0.2) is 57.4 Å². The van der Waals surface area contributed by atoms with E-state index in [2.05, 4.69) is 25.7 Å². The zero-order valence-corrected chi connectivity index (χ0v) is 12.5. The summed E-state index contributed by atoms with van der Waals surface area (Å²) in [6.07, 6.45) is -0.221. The number of hydrogen-bond acceptors (Lipinski definition) is 7. The van der Waals surface area contributed by atoms with Crippen LogP contribution in [-0.2, 0) is 9.53 Å². The quantitative estimate of drug-likeness (QED) is 0.842. The molecule has 1 aliphatic rings. The minimum absolute atomic E-state index is 0.139. The number of H-pyrrole nitrogens is 1. The standard InChI is InChI=1S/C13H18N6O3/c1-8-5-11(18-22-8)15-12(20)7-19-3-4-21-10(6-19)13-14-9(2)16-17-13/h5,10H,3-4,6-7H2,1-2H3,(H,14,16,17)(H,15,18,20). The number of nitrogens with one attached hydrogen (secondary N) is 2. The third kappa shape index (κ3) is 3.49. The van der Waals surface area contributed by atoms with Gasteiger partial charge in [0, 0.05) is 19.2 Å². The third-order valence-electron chi connectivity index (χ3n) is 3.32. The average molecular weight is 306 g/mol. The summed E-state index contributed by atoms with van der Waals surface area (Å²) in [5.41, 5.74) is 0. The Balaban J connectivity index is 1.54. The van der Waals surface area contributed by atoms with Gasteiger partial charge < -0.3 is 14.6 Å². The van der Waals surface area contributed by atoms with Gasteiger partial charge in [-0.25, -0.2) is 4.98 Å². The number of amides is 1. The van der Waals surface area contributed by atoms with Crippen molar-refractivity contribution in [3.05, 3.63) is 23.5 Å². The van der Waals surface area contributed by atoms with Crippen molar-refractivity contribution in [1.82, 2.24) is 25.2 Å². The summed E-state index contributed by atoms with van der Waals surface area (Å²) in [7, 11) is 0. The monoisotopic (exact) mass is 306 g/mol. The number of ether oxygens (including phenoxy) is 1. The largest absolute Gasteiger partial charge is 0.367 e. The fourth-order valence-corrected chi connectivity index (χ4v) is 2.32. The number of carbonyl (C=O) groups excluding carboxylic acids is 1. The van der Waals surface area contributed by atoms with Crippen molar-refractivity contribution in [2.45, 2.75) is 20.0 Å². The Kier molecular flexibility index (Phi) is 4.16. The van der Waals surface area contributed by atoms with Crippen molar-refractivity contribution in [2.24, 2.45) is 0 Å². The lowest BCUT2D eigenvalue weighted by molar-refractivity contribution is -0.119. The Bertz CT molecular complexity index is 652. The van der Waals surface area contributed by atoms with Gasteiger partial charge in [-0.05, 0) is 13.8 Å². The second-order valence-electron chi connectivity index (χ2n) is 5.24. The van der Waals surface area contributed by atoms with Gasteiger partial charge in [0.2, 0.25) is 5.91 Å². The van der Waals surface area contributed by atoms with Crippen LogP contribution in [0.15, 0.2) is 10.6 Å². The Morgan fingerprint density at radius 3 is 3.09 bits per heavy atom. The number of carbonyl (C=O) groups is 1. The van der Waals surface area contributed by atoms with Crippen LogP contribution in [0.25, 0.3) is 0 Å². The smallest absolute Gasteiger partial charge is 0.239 e. The van der Waals surface area contributed by atoms with Gasteiger partial charge in [-0.1, -0.05) is 5.16 Å². The van der Waals surface area contributed by atoms with E-state index >= 15 is 0 Å². The maximum absolute atomic E-state index is 12.0. The van der Waals surface area contributed by atoms with Crippen LogP contribution in [0.1, 0.15) is 23.5 Å². The van der Waals surface area contributed by atoms with Gasteiger partial charge in [-0.2, -0.15) is 5.10 Å². The molecule has 9 nitrogen and oxygen atoms in total. The number of nitrogens with zero attached hydrogens (tertiary/aromatic N) is 4. The summed E-state index contributed by atoms with van der Waals surface area (Å²) in [4.78, 5) is 18.3. The van der Waals surface area contributed by atoms with Crippen molar-refractivity contribution in [1.29, 1.82) is 0 Å². The maximum Gasteiger partial charge on any atom is 0.239 e. The van der Waals surface area contributed by atoms with Crippen LogP contribution in [0, 0.1) is 13.8 Å². The molecule has 118 valence electrons. The second-order valence-corrected chi connectivity index (χ2v) is 5.24. The molecule has 3 rings (SSSR count). The van der Waals surface area contributed by atoms with E-state index in [1.807, 2.05) is 11.8 Å². The Hall–Kier alpha value is -2.26. The van der Waals surface area contributed by atoms with Gasteiger partial charge in [0.15, 0.2) is 11.6 Å². The summed E-state index contributed by atoms with van der Waals surface area (Å²) in [6.45, 7) is 5.66. The van der Waals surface area contributed by atoms with Gasteiger partial charge in [0.25, 0.3) is 0 Å². The van der Waals surface area contributed by atoms with Crippen LogP contribution in [0.4, 0.5) is 5.82 Å². The molecule has 0 spiro atoms. The zero-order chi connectivity index (χ0) is 15.5. The van der Waals surface area contributed by atoms with Crippen LogP contribution in [0.2, 0.25) is 0 Å². The molecule has 1 aliphatic heterocycles. The molecular weight excluding hydrogens is 288 g/mol. The Morgan fingerprint density at radius 1 is 1.55 bits per heavy atom. The summed E-state index contributed by atoms with van der Waals surface area (Å²) >= 11 is 0. The zero-order valence-electron chi connectivity index (χ0n) is 12.5. The molecule has 2 N–H and O–H groups in total. The lowest BCUT2D eigenvalue weighted by atomic mass is 10.2. The summed E-state index contributed by atoms with van der Waals surface area (Å²) in [5, 5.41) is 13.4. The van der Waals surface area contributed by atoms with Crippen molar-refractivity contribution in [2.75, 3.05) is 31.6 Å². The van der Waals surface area contributed by atoms with Gasteiger partial charge >= 0.3 is 0 Å². The fraction of sp³-hybridized carbons (Fsp3) is 0.538. The maximum atomic E-state index is 12.0. The third-order valence-corrected chi connectivity index (χ3v) is 3.32. The first-order chi connectivity index (χ1) is 10.6. The lowest BCUT2D eigenvalue weighted by Crippen LogP contribution is -2.42. The number of anilines is 1. The molecule has 2 aromatic heterocycles. The molecule has 1 unspecified atom stereocenters. The van der Waals surface area contributed by atoms with Crippen LogP contribution < -0.4 is 5.32 Å². The second kappa shape index (κ2) is 6.24. The molecule has 0 radical (unpaired) electrons. The van der Waals surface area contributed by atoms with E-state index < -0.39 is 0 Å². The minimum atomic E-state index is -0.221. The van der Waals surface area contributed by atoms with E-state index in [9.17, 15) is 4.79 Å². The van der Waals surface area contributed by atoms with Crippen molar-refractivity contribution in [3.63, 3.8) is 0 Å². The van der Waals surface area contributed by atoms with Crippen LogP contribution >= 0.6 is 0 Å². The molecule has 1 saturated heterocycles. The highest BCUT2D eigenvalue weighted by Gasteiger charge is 2.26. The SMILES string of the molecule is Cc1nc(C2CN(CC(=O)Nc3cc(C)on3)CCO2)n[nH]1. The number of aromatic nitrogens is 4. The molecule has 1 fully saturated rings. The van der Waals surface area contributed by atoms with E-state index in [-0.39, 0.29) is 18.6 Å². The molecule has 1 atom stereocenters. The Labute approximate surface area is 127 Å². The number of rotatable bonds is 4. The average Bonchev–Trinajstić information content (AvgIpc) is 3.08. The van der Waals surface area contributed by atoms with E-state index in [4.69, 9.17) is 9.26 Å².